The van der Waals surface area contributed by atoms with E-state index in [-0.39, 0.29) is 11.7 Å². The minimum atomic E-state index is -0.286. The highest BCUT2D eigenvalue weighted by Gasteiger charge is 2.07. The maximum Gasteiger partial charge on any atom is 0.272 e. The van der Waals surface area contributed by atoms with Gasteiger partial charge in [0.2, 0.25) is 0 Å². The summed E-state index contributed by atoms with van der Waals surface area (Å²) in [5.74, 6) is -0.00431. The molecule has 5 heteroatoms. The lowest BCUT2D eigenvalue weighted by Gasteiger charge is -2.05. The van der Waals surface area contributed by atoms with Crippen LogP contribution in [0.4, 0.5) is 0 Å². The van der Waals surface area contributed by atoms with Gasteiger partial charge in [-0.25, -0.2) is 5.43 Å². The number of amides is 1. The molecule has 2 N–H and O–H groups in total. The topological polar surface area (TPSA) is 61.7 Å². The van der Waals surface area contributed by atoms with Crippen molar-refractivity contribution < 1.29 is 9.90 Å². The van der Waals surface area contributed by atoms with Crippen molar-refractivity contribution in [1.29, 1.82) is 0 Å². The van der Waals surface area contributed by atoms with Crippen molar-refractivity contribution in [3.05, 3.63) is 63.1 Å². The molecule has 2 aromatic carbocycles. The van der Waals surface area contributed by atoms with Gasteiger partial charge >= 0.3 is 0 Å². The van der Waals surface area contributed by atoms with E-state index in [4.69, 9.17) is 0 Å². The molecule has 0 spiro atoms. The number of phenolic OH excluding ortho intramolecular Hbond substituents is 1. The SMILES string of the molecule is Cc1cc(C=NNC(=O)c2ccccc2Br)cc(C)c1O. The van der Waals surface area contributed by atoms with E-state index in [0.29, 0.717) is 10.0 Å². The molecule has 2 aromatic rings. The Labute approximate surface area is 131 Å². The fourth-order valence-electron chi connectivity index (χ4n) is 1.93. The fraction of sp³-hybridized carbons (Fsp3) is 0.125. The minimum Gasteiger partial charge on any atom is -0.507 e. The van der Waals surface area contributed by atoms with Gasteiger partial charge in [0, 0.05) is 4.47 Å². The smallest absolute Gasteiger partial charge is 0.272 e. The molecule has 21 heavy (non-hydrogen) atoms. The molecular weight excluding hydrogens is 332 g/mol. The van der Waals surface area contributed by atoms with Gasteiger partial charge in [0.1, 0.15) is 5.75 Å². The number of aryl methyl sites for hydroxylation is 2. The van der Waals surface area contributed by atoms with E-state index >= 15 is 0 Å². The summed E-state index contributed by atoms with van der Waals surface area (Å²) in [6.45, 7) is 3.64. The quantitative estimate of drug-likeness (QED) is 0.659. The lowest BCUT2D eigenvalue weighted by Crippen LogP contribution is -2.18. The predicted molar refractivity (Wildman–Crippen MR) is 86.8 cm³/mol. The zero-order chi connectivity index (χ0) is 15.4. The third-order valence-corrected chi connectivity index (χ3v) is 3.70. The summed E-state index contributed by atoms with van der Waals surface area (Å²) < 4.78 is 0.717. The summed E-state index contributed by atoms with van der Waals surface area (Å²) in [5, 5.41) is 13.6. The summed E-state index contributed by atoms with van der Waals surface area (Å²) in [6, 6.07) is 10.7. The number of aromatic hydroxyl groups is 1. The van der Waals surface area contributed by atoms with Crippen LogP contribution < -0.4 is 5.43 Å². The van der Waals surface area contributed by atoms with Gasteiger partial charge in [-0.05, 0) is 70.7 Å². The van der Waals surface area contributed by atoms with Crippen LogP contribution in [-0.4, -0.2) is 17.2 Å². The van der Waals surface area contributed by atoms with E-state index in [1.807, 2.05) is 19.9 Å². The van der Waals surface area contributed by atoms with E-state index in [9.17, 15) is 9.90 Å². The molecule has 0 aliphatic heterocycles. The van der Waals surface area contributed by atoms with Crippen molar-refractivity contribution in [2.24, 2.45) is 5.10 Å². The first-order valence-corrected chi connectivity index (χ1v) is 7.16. The number of nitrogens with zero attached hydrogens (tertiary/aromatic N) is 1. The molecule has 0 heterocycles. The molecule has 1 amide bonds. The van der Waals surface area contributed by atoms with E-state index in [1.54, 1.807) is 36.5 Å². The average Bonchev–Trinajstić information content (AvgIpc) is 2.45. The second-order valence-corrected chi connectivity index (χ2v) is 5.54. The maximum atomic E-state index is 11.9. The van der Waals surface area contributed by atoms with Gasteiger partial charge in [-0.2, -0.15) is 5.10 Å². The van der Waals surface area contributed by atoms with Gasteiger partial charge in [-0.3, -0.25) is 4.79 Å². The minimum absolute atomic E-state index is 0.282. The Kier molecular flexibility index (Phi) is 4.75. The molecule has 0 fully saturated rings. The number of benzene rings is 2. The molecule has 0 unspecified atom stereocenters. The molecule has 0 aliphatic rings. The fourth-order valence-corrected chi connectivity index (χ4v) is 2.40. The van der Waals surface area contributed by atoms with Gasteiger partial charge in [0.05, 0.1) is 11.8 Å². The molecule has 0 saturated heterocycles. The first-order valence-electron chi connectivity index (χ1n) is 6.37. The number of carbonyl (C=O) groups excluding carboxylic acids is 1. The van der Waals surface area contributed by atoms with Gasteiger partial charge in [0.25, 0.3) is 5.91 Å². The van der Waals surface area contributed by atoms with Crippen LogP contribution in [0, 0.1) is 13.8 Å². The van der Waals surface area contributed by atoms with Crippen LogP contribution in [0.15, 0.2) is 46.0 Å². The van der Waals surface area contributed by atoms with Crippen LogP contribution in [0.3, 0.4) is 0 Å². The Balaban J connectivity index is 2.10. The summed E-state index contributed by atoms with van der Waals surface area (Å²) in [5.41, 5.74) is 5.36. The highest BCUT2D eigenvalue weighted by molar-refractivity contribution is 9.10. The van der Waals surface area contributed by atoms with Crippen LogP contribution in [0.25, 0.3) is 0 Å². The molecule has 0 atom stereocenters. The third kappa shape index (κ3) is 3.70. The number of rotatable bonds is 3. The van der Waals surface area contributed by atoms with Crippen molar-refractivity contribution in [3.63, 3.8) is 0 Å². The van der Waals surface area contributed by atoms with Crippen LogP contribution in [0.1, 0.15) is 27.0 Å². The normalized spacial score (nSPS) is 10.8. The molecule has 4 nitrogen and oxygen atoms in total. The largest absolute Gasteiger partial charge is 0.507 e. The monoisotopic (exact) mass is 346 g/mol. The molecule has 0 aromatic heterocycles. The van der Waals surface area contributed by atoms with Gasteiger partial charge in [-0.15, -0.1) is 0 Å². The van der Waals surface area contributed by atoms with Gasteiger partial charge < -0.3 is 5.11 Å². The van der Waals surface area contributed by atoms with E-state index in [1.165, 1.54) is 0 Å². The number of nitrogens with one attached hydrogen (secondary N) is 1. The summed E-state index contributed by atoms with van der Waals surface area (Å²) in [7, 11) is 0. The highest BCUT2D eigenvalue weighted by atomic mass is 79.9. The van der Waals surface area contributed by atoms with Crippen molar-refractivity contribution >= 4 is 28.1 Å². The second kappa shape index (κ2) is 6.54. The molecule has 0 bridgehead atoms. The number of halogens is 1. The van der Waals surface area contributed by atoms with Crippen LogP contribution in [-0.2, 0) is 0 Å². The second-order valence-electron chi connectivity index (χ2n) is 4.68. The number of hydrogen-bond donors (Lipinski definition) is 2. The third-order valence-electron chi connectivity index (χ3n) is 3.01. The van der Waals surface area contributed by atoms with Crippen molar-refractivity contribution in [3.8, 4) is 5.75 Å². The van der Waals surface area contributed by atoms with Crippen molar-refractivity contribution in [1.82, 2.24) is 5.43 Å². The van der Waals surface area contributed by atoms with E-state index in [2.05, 4.69) is 26.5 Å². The zero-order valence-electron chi connectivity index (χ0n) is 11.7. The highest BCUT2D eigenvalue weighted by Crippen LogP contribution is 2.22. The number of hydrogen-bond acceptors (Lipinski definition) is 3. The summed E-state index contributed by atoms with van der Waals surface area (Å²) in [6.07, 6.45) is 1.55. The maximum absolute atomic E-state index is 11.9. The zero-order valence-corrected chi connectivity index (χ0v) is 13.3. The van der Waals surface area contributed by atoms with Crippen LogP contribution in [0.2, 0.25) is 0 Å². The summed E-state index contributed by atoms with van der Waals surface area (Å²) in [4.78, 5) is 11.9. The lowest BCUT2D eigenvalue weighted by molar-refractivity contribution is 0.0954. The number of phenols is 1. The van der Waals surface area contributed by atoms with E-state index in [0.717, 1.165) is 16.7 Å². The lowest BCUT2D eigenvalue weighted by atomic mass is 10.1. The Morgan fingerprint density at radius 2 is 1.86 bits per heavy atom. The first kappa shape index (κ1) is 15.3. The van der Waals surface area contributed by atoms with Crippen molar-refractivity contribution in [2.45, 2.75) is 13.8 Å². The predicted octanol–water partition coefficient (Wildman–Crippen LogP) is 3.54. The Morgan fingerprint density at radius 1 is 1.24 bits per heavy atom. The first-order chi connectivity index (χ1) is 9.99. The molecule has 108 valence electrons. The Bertz CT molecular complexity index is 688. The van der Waals surface area contributed by atoms with E-state index < -0.39 is 0 Å². The van der Waals surface area contributed by atoms with Crippen LogP contribution in [0.5, 0.6) is 5.75 Å². The van der Waals surface area contributed by atoms with Crippen molar-refractivity contribution in [2.75, 3.05) is 0 Å². The average molecular weight is 347 g/mol. The van der Waals surface area contributed by atoms with Gasteiger partial charge in [-0.1, -0.05) is 12.1 Å². The molecule has 0 aliphatic carbocycles. The van der Waals surface area contributed by atoms with Crippen LogP contribution >= 0.6 is 15.9 Å². The number of hydrazone groups is 1. The molecular formula is C16H15BrN2O2. The number of carbonyl (C=O) groups is 1. The Morgan fingerprint density at radius 3 is 2.48 bits per heavy atom. The standard InChI is InChI=1S/C16H15BrN2O2/c1-10-7-12(8-11(2)15(10)20)9-18-19-16(21)13-5-3-4-6-14(13)17/h3-9,20H,1-2H3,(H,19,21). The molecule has 2 rings (SSSR count). The molecule has 0 saturated carbocycles. The molecule has 0 radical (unpaired) electrons. The summed E-state index contributed by atoms with van der Waals surface area (Å²) >= 11 is 3.32. The van der Waals surface area contributed by atoms with Gasteiger partial charge in [0.15, 0.2) is 0 Å². The Hall–Kier alpha value is -2.14.